The summed E-state index contributed by atoms with van der Waals surface area (Å²) in [5, 5.41) is 3.16. The number of hydrogen-bond donors (Lipinski definition) is 1. The third-order valence-electron chi connectivity index (χ3n) is 2.99. The normalized spacial score (nSPS) is 11.1. The minimum Gasteiger partial charge on any atom is -0.310 e. The summed E-state index contributed by atoms with van der Waals surface area (Å²) in [5.74, 6) is -0.685. The van der Waals surface area contributed by atoms with Crippen molar-refractivity contribution in [2.75, 3.05) is 0 Å². The Morgan fingerprint density at radius 3 is 2.45 bits per heavy atom. The predicted molar refractivity (Wildman–Crippen MR) is 81.5 cm³/mol. The minimum atomic E-state index is -0.361. The van der Waals surface area contributed by atoms with Gasteiger partial charge in [-0.05, 0) is 29.8 Å². The maximum absolute atomic E-state index is 14.0. The van der Waals surface area contributed by atoms with Crippen molar-refractivity contribution in [2.45, 2.75) is 26.4 Å². The molecule has 106 valence electrons. The molecule has 0 radical (unpaired) electrons. The van der Waals surface area contributed by atoms with Crippen LogP contribution in [0.4, 0.5) is 8.78 Å². The van der Waals surface area contributed by atoms with Gasteiger partial charge in [-0.3, -0.25) is 0 Å². The van der Waals surface area contributed by atoms with E-state index in [9.17, 15) is 8.78 Å². The van der Waals surface area contributed by atoms with Gasteiger partial charge >= 0.3 is 0 Å². The molecule has 20 heavy (non-hydrogen) atoms. The van der Waals surface area contributed by atoms with Crippen LogP contribution in [0.5, 0.6) is 0 Å². The van der Waals surface area contributed by atoms with E-state index >= 15 is 0 Å². The molecule has 1 nitrogen and oxygen atoms in total. The van der Waals surface area contributed by atoms with Crippen molar-refractivity contribution in [1.29, 1.82) is 0 Å². The Labute approximate surface area is 126 Å². The molecule has 4 heteroatoms. The molecule has 0 fully saturated rings. The molecular formula is C16H16BrF2N. The fourth-order valence-corrected chi connectivity index (χ4v) is 2.25. The van der Waals surface area contributed by atoms with Crippen LogP contribution in [0.3, 0.4) is 0 Å². The molecule has 0 aliphatic carbocycles. The maximum Gasteiger partial charge on any atom is 0.131 e. The summed E-state index contributed by atoms with van der Waals surface area (Å²) in [4.78, 5) is 0. The van der Waals surface area contributed by atoms with Crippen molar-refractivity contribution < 1.29 is 8.78 Å². The molecule has 0 aliphatic heterocycles. The first kappa shape index (κ1) is 15.1. The SMILES string of the molecule is CC(C)NCc1ccc(-c2cc(Br)ccc2F)cc1F. The van der Waals surface area contributed by atoms with Crippen LogP contribution < -0.4 is 5.32 Å². The first-order valence-corrected chi connectivity index (χ1v) is 7.24. The molecule has 2 rings (SSSR count). The van der Waals surface area contributed by atoms with Crippen LogP contribution in [0, 0.1) is 11.6 Å². The van der Waals surface area contributed by atoms with E-state index in [1.54, 1.807) is 24.3 Å². The molecular weight excluding hydrogens is 324 g/mol. The number of hydrogen-bond acceptors (Lipinski definition) is 1. The smallest absolute Gasteiger partial charge is 0.131 e. The van der Waals surface area contributed by atoms with E-state index in [1.807, 2.05) is 13.8 Å². The van der Waals surface area contributed by atoms with Crippen LogP contribution in [-0.4, -0.2) is 6.04 Å². The van der Waals surface area contributed by atoms with Gasteiger partial charge in [-0.1, -0.05) is 41.9 Å². The van der Waals surface area contributed by atoms with Crippen molar-refractivity contribution in [3.05, 3.63) is 58.1 Å². The van der Waals surface area contributed by atoms with Crippen LogP contribution in [-0.2, 0) is 6.54 Å². The zero-order valence-corrected chi connectivity index (χ0v) is 13.0. The van der Waals surface area contributed by atoms with Gasteiger partial charge in [-0.15, -0.1) is 0 Å². The predicted octanol–water partition coefficient (Wildman–Crippen LogP) is 4.89. The molecule has 0 spiro atoms. The standard InChI is InChI=1S/C16H16BrF2N/c1-10(2)20-9-12-4-3-11(7-16(12)19)14-8-13(17)5-6-15(14)18/h3-8,10,20H,9H2,1-2H3. The van der Waals surface area contributed by atoms with Crippen molar-refractivity contribution in [2.24, 2.45) is 0 Å². The lowest BCUT2D eigenvalue weighted by atomic mass is 10.0. The van der Waals surface area contributed by atoms with Gasteiger partial charge in [0.1, 0.15) is 11.6 Å². The molecule has 0 saturated heterocycles. The Hall–Kier alpha value is -1.26. The van der Waals surface area contributed by atoms with Crippen LogP contribution in [0.15, 0.2) is 40.9 Å². The van der Waals surface area contributed by atoms with Gasteiger partial charge < -0.3 is 5.32 Å². The maximum atomic E-state index is 14.0. The summed E-state index contributed by atoms with van der Waals surface area (Å²) in [6.07, 6.45) is 0. The van der Waals surface area contributed by atoms with Gasteiger partial charge in [0.15, 0.2) is 0 Å². The van der Waals surface area contributed by atoms with Crippen LogP contribution >= 0.6 is 15.9 Å². The van der Waals surface area contributed by atoms with Crippen molar-refractivity contribution in [3.8, 4) is 11.1 Å². The highest BCUT2D eigenvalue weighted by molar-refractivity contribution is 9.10. The van der Waals surface area contributed by atoms with Gasteiger partial charge in [-0.25, -0.2) is 8.78 Å². The zero-order chi connectivity index (χ0) is 14.7. The third kappa shape index (κ3) is 3.64. The second-order valence-corrected chi connectivity index (χ2v) is 5.88. The molecule has 0 heterocycles. The number of nitrogens with one attached hydrogen (secondary N) is 1. The Kier molecular flexibility index (Phi) is 4.89. The molecule has 0 unspecified atom stereocenters. The molecule has 0 aromatic heterocycles. The van der Waals surface area contributed by atoms with Gasteiger partial charge in [-0.2, -0.15) is 0 Å². The largest absolute Gasteiger partial charge is 0.310 e. The number of rotatable bonds is 4. The third-order valence-corrected chi connectivity index (χ3v) is 3.49. The van der Waals surface area contributed by atoms with E-state index in [4.69, 9.17) is 0 Å². The van der Waals surface area contributed by atoms with Gasteiger partial charge in [0.05, 0.1) is 0 Å². The molecule has 0 saturated carbocycles. The van der Waals surface area contributed by atoms with Crippen molar-refractivity contribution in [1.82, 2.24) is 5.32 Å². The Bertz CT molecular complexity index is 611. The Balaban J connectivity index is 2.31. The summed E-state index contributed by atoms with van der Waals surface area (Å²) in [5.41, 5.74) is 1.51. The monoisotopic (exact) mass is 339 g/mol. The van der Waals surface area contributed by atoms with Crippen molar-refractivity contribution >= 4 is 15.9 Å². The highest BCUT2D eigenvalue weighted by Crippen LogP contribution is 2.27. The first-order valence-electron chi connectivity index (χ1n) is 6.44. The van der Waals surface area contributed by atoms with E-state index in [0.717, 1.165) is 4.47 Å². The minimum absolute atomic E-state index is 0.289. The fourth-order valence-electron chi connectivity index (χ4n) is 1.89. The highest BCUT2D eigenvalue weighted by Gasteiger charge is 2.09. The van der Waals surface area contributed by atoms with E-state index in [0.29, 0.717) is 23.2 Å². The van der Waals surface area contributed by atoms with Gasteiger partial charge in [0.25, 0.3) is 0 Å². The Morgan fingerprint density at radius 2 is 1.80 bits per heavy atom. The molecule has 0 atom stereocenters. The van der Waals surface area contributed by atoms with Crippen LogP contribution in [0.2, 0.25) is 0 Å². The first-order chi connectivity index (χ1) is 9.47. The molecule has 2 aromatic rings. The summed E-state index contributed by atoms with van der Waals surface area (Å²) >= 11 is 3.30. The number of halogens is 3. The highest BCUT2D eigenvalue weighted by atomic mass is 79.9. The molecule has 1 N–H and O–H groups in total. The average molecular weight is 340 g/mol. The zero-order valence-electron chi connectivity index (χ0n) is 11.4. The van der Waals surface area contributed by atoms with Crippen molar-refractivity contribution in [3.63, 3.8) is 0 Å². The summed E-state index contributed by atoms with van der Waals surface area (Å²) < 4.78 is 28.6. The molecule has 0 amide bonds. The lowest BCUT2D eigenvalue weighted by molar-refractivity contribution is 0.553. The number of benzene rings is 2. The van der Waals surface area contributed by atoms with E-state index in [1.165, 1.54) is 12.1 Å². The second kappa shape index (κ2) is 6.46. The van der Waals surface area contributed by atoms with Crippen LogP contribution in [0.25, 0.3) is 11.1 Å². The Morgan fingerprint density at radius 1 is 1.05 bits per heavy atom. The van der Waals surface area contributed by atoms with Gasteiger partial charge in [0, 0.05) is 28.2 Å². The lowest BCUT2D eigenvalue weighted by Gasteiger charge is -2.11. The van der Waals surface area contributed by atoms with Crippen LogP contribution in [0.1, 0.15) is 19.4 Å². The molecule has 2 aromatic carbocycles. The van der Waals surface area contributed by atoms with E-state index in [-0.39, 0.29) is 17.7 Å². The fraction of sp³-hybridized carbons (Fsp3) is 0.250. The molecule has 0 aliphatic rings. The molecule has 0 bridgehead atoms. The summed E-state index contributed by atoms with van der Waals surface area (Å²) in [6, 6.07) is 9.74. The lowest BCUT2D eigenvalue weighted by Crippen LogP contribution is -2.22. The second-order valence-electron chi connectivity index (χ2n) is 4.97. The average Bonchev–Trinajstić information content (AvgIpc) is 2.40. The summed E-state index contributed by atoms with van der Waals surface area (Å²) in [6.45, 7) is 4.47. The van der Waals surface area contributed by atoms with E-state index < -0.39 is 0 Å². The van der Waals surface area contributed by atoms with Gasteiger partial charge in [0.2, 0.25) is 0 Å². The summed E-state index contributed by atoms with van der Waals surface area (Å²) in [7, 11) is 0. The van der Waals surface area contributed by atoms with E-state index in [2.05, 4.69) is 21.2 Å². The topological polar surface area (TPSA) is 12.0 Å². The quantitative estimate of drug-likeness (QED) is 0.835.